The van der Waals surface area contributed by atoms with Gasteiger partial charge in [-0.2, -0.15) is 0 Å². The lowest BCUT2D eigenvalue weighted by Gasteiger charge is -2.16. The molecule has 6 aromatic rings. The normalized spacial score (nSPS) is 11.8. The molecule has 0 spiro atoms. The van der Waals surface area contributed by atoms with E-state index in [1.807, 2.05) is 12.1 Å². The summed E-state index contributed by atoms with van der Waals surface area (Å²) in [5, 5.41) is 5.54. The zero-order valence-electron chi connectivity index (χ0n) is 19.8. The fraction of sp³-hybridized carbons (Fsp3) is 0. The number of hydrogen-bond donors (Lipinski definition) is 0. The van der Waals surface area contributed by atoms with Crippen molar-refractivity contribution in [2.45, 2.75) is 0 Å². The largest absolute Gasteiger partial charge is 0.285 e. The molecule has 0 saturated carbocycles. The first-order valence-electron chi connectivity index (χ1n) is 12.4. The summed E-state index contributed by atoms with van der Waals surface area (Å²) in [6, 6.07) is 39.8. The third-order valence-electron chi connectivity index (χ3n) is 7.20. The molecule has 8 rings (SSSR count). The quantitative estimate of drug-likeness (QED) is 0.239. The molecular formula is C33H20N4. The van der Waals surface area contributed by atoms with Crippen molar-refractivity contribution in [1.82, 2.24) is 19.5 Å². The Morgan fingerprint density at radius 1 is 0.486 bits per heavy atom. The molecule has 4 nitrogen and oxygen atoms in total. The summed E-state index contributed by atoms with van der Waals surface area (Å²) in [6.45, 7) is 0. The van der Waals surface area contributed by atoms with Crippen LogP contribution in [0.15, 0.2) is 121 Å². The molecular weight excluding hydrogens is 452 g/mol. The highest BCUT2D eigenvalue weighted by Crippen LogP contribution is 2.38. The Labute approximate surface area is 212 Å². The van der Waals surface area contributed by atoms with Crippen molar-refractivity contribution in [2.75, 3.05) is 0 Å². The minimum atomic E-state index is 0.645. The molecule has 5 aromatic carbocycles. The van der Waals surface area contributed by atoms with Gasteiger partial charge in [0.15, 0.2) is 0 Å². The van der Waals surface area contributed by atoms with Gasteiger partial charge in [-0.15, -0.1) is 0 Å². The molecule has 2 aliphatic heterocycles. The van der Waals surface area contributed by atoms with E-state index in [-0.39, 0.29) is 0 Å². The van der Waals surface area contributed by atoms with Crippen molar-refractivity contribution in [2.24, 2.45) is 0 Å². The first-order chi connectivity index (χ1) is 18.3. The summed E-state index contributed by atoms with van der Waals surface area (Å²) in [4.78, 5) is 15.4. The van der Waals surface area contributed by atoms with Crippen LogP contribution < -0.4 is 0 Å². The third-order valence-corrected chi connectivity index (χ3v) is 7.20. The number of hydrogen-bond acceptors (Lipinski definition) is 3. The summed E-state index contributed by atoms with van der Waals surface area (Å²) in [5.74, 6) is 0.645. The van der Waals surface area contributed by atoms with Gasteiger partial charge in [-0.3, -0.25) is 4.57 Å². The molecule has 37 heavy (non-hydrogen) atoms. The molecule has 3 heterocycles. The number of para-hydroxylation sites is 2. The van der Waals surface area contributed by atoms with Crippen LogP contribution >= 0.6 is 0 Å². The van der Waals surface area contributed by atoms with Gasteiger partial charge in [0.1, 0.15) is 0 Å². The zero-order valence-corrected chi connectivity index (χ0v) is 19.8. The van der Waals surface area contributed by atoms with Crippen LogP contribution in [0.2, 0.25) is 0 Å². The maximum absolute atomic E-state index is 5.21. The number of benzene rings is 5. The average Bonchev–Trinajstić information content (AvgIpc) is 3.35. The van der Waals surface area contributed by atoms with Gasteiger partial charge in [0, 0.05) is 38.9 Å². The summed E-state index contributed by atoms with van der Waals surface area (Å²) in [7, 11) is 0. The molecule has 0 N–H and O–H groups in total. The topological polar surface area (TPSA) is 43.6 Å². The van der Waals surface area contributed by atoms with Gasteiger partial charge >= 0.3 is 0 Å². The highest BCUT2D eigenvalue weighted by molar-refractivity contribution is 6.10. The summed E-state index contributed by atoms with van der Waals surface area (Å²) < 4.78 is 2.12. The molecule has 0 amide bonds. The van der Waals surface area contributed by atoms with Crippen LogP contribution in [-0.4, -0.2) is 19.5 Å². The fourth-order valence-electron chi connectivity index (χ4n) is 5.47. The van der Waals surface area contributed by atoms with E-state index in [2.05, 4.69) is 114 Å². The van der Waals surface area contributed by atoms with Gasteiger partial charge in [0.05, 0.1) is 27.9 Å². The van der Waals surface area contributed by atoms with E-state index in [1.54, 1.807) is 0 Å². The second-order valence-electron chi connectivity index (χ2n) is 9.33. The highest BCUT2D eigenvalue weighted by atomic mass is 15.1. The van der Waals surface area contributed by atoms with Crippen LogP contribution in [0.3, 0.4) is 0 Å². The van der Waals surface area contributed by atoms with Gasteiger partial charge in [-0.25, -0.2) is 15.0 Å². The van der Waals surface area contributed by atoms with E-state index in [0.717, 1.165) is 66.0 Å². The number of nitrogens with zero attached hydrogens (tertiary/aromatic N) is 4. The average molecular weight is 473 g/mol. The minimum absolute atomic E-state index is 0.645. The van der Waals surface area contributed by atoms with Crippen molar-refractivity contribution in [3.63, 3.8) is 0 Å². The van der Waals surface area contributed by atoms with Gasteiger partial charge in [-0.1, -0.05) is 97.1 Å². The van der Waals surface area contributed by atoms with Crippen LogP contribution in [0.4, 0.5) is 0 Å². The lowest BCUT2D eigenvalue weighted by Crippen LogP contribution is -2.06. The Balaban J connectivity index is 1.54. The smallest absolute Gasteiger partial charge is 0.235 e. The van der Waals surface area contributed by atoms with Crippen LogP contribution in [0.5, 0.6) is 0 Å². The number of fused-ring (bicyclic) bond motifs is 8. The second kappa shape index (κ2) is 7.70. The zero-order chi connectivity index (χ0) is 24.3. The van der Waals surface area contributed by atoms with E-state index in [9.17, 15) is 0 Å². The molecule has 2 aliphatic rings. The van der Waals surface area contributed by atoms with Crippen LogP contribution in [0.1, 0.15) is 0 Å². The summed E-state index contributed by atoms with van der Waals surface area (Å²) >= 11 is 0. The predicted octanol–water partition coefficient (Wildman–Crippen LogP) is 8.05. The SMILES string of the molecule is c1ccc(-c2nc(-n3cc4c5ccccc5nc-4c4ccccc43)nc3c2ccc2ccccc23)cc1. The van der Waals surface area contributed by atoms with E-state index >= 15 is 0 Å². The van der Waals surface area contributed by atoms with E-state index in [4.69, 9.17) is 15.0 Å². The Morgan fingerprint density at radius 2 is 1.22 bits per heavy atom. The van der Waals surface area contributed by atoms with E-state index in [1.165, 1.54) is 0 Å². The molecule has 0 unspecified atom stereocenters. The van der Waals surface area contributed by atoms with Crippen molar-refractivity contribution < 1.29 is 0 Å². The lowest BCUT2D eigenvalue weighted by molar-refractivity contribution is 0.975. The van der Waals surface area contributed by atoms with Crippen LogP contribution in [0.25, 0.3) is 71.9 Å². The van der Waals surface area contributed by atoms with Crippen molar-refractivity contribution in [3.8, 4) is 28.5 Å². The van der Waals surface area contributed by atoms with Crippen molar-refractivity contribution in [1.29, 1.82) is 0 Å². The second-order valence-corrected chi connectivity index (χ2v) is 9.33. The monoisotopic (exact) mass is 472 g/mol. The Hall–Kier alpha value is -5.09. The predicted molar refractivity (Wildman–Crippen MR) is 151 cm³/mol. The van der Waals surface area contributed by atoms with Gasteiger partial charge in [0.2, 0.25) is 5.95 Å². The first-order valence-corrected chi connectivity index (χ1v) is 12.4. The van der Waals surface area contributed by atoms with Gasteiger partial charge in [-0.05, 0) is 23.6 Å². The molecule has 0 saturated heterocycles. The van der Waals surface area contributed by atoms with Crippen molar-refractivity contribution in [3.05, 3.63) is 121 Å². The first kappa shape index (κ1) is 20.1. The molecule has 0 atom stereocenters. The molecule has 0 bridgehead atoms. The van der Waals surface area contributed by atoms with Gasteiger partial charge < -0.3 is 0 Å². The minimum Gasteiger partial charge on any atom is -0.285 e. The van der Waals surface area contributed by atoms with E-state index in [0.29, 0.717) is 5.95 Å². The Bertz CT molecular complexity index is 2090. The fourth-order valence-corrected chi connectivity index (χ4v) is 5.47. The van der Waals surface area contributed by atoms with Crippen LogP contribution in [0, 0.1) is 0 Å². The molecule has 1 aromatic heterocycles. The summed E-state index contributed by atoms with van der Waals surface area (Å²) in [5.41, 5.74) is 7.06. The number of rotatable bonds is 2. The molecule has 4 heteroatoms. The van der Waals surface area contributed by atoms with Gasteiger partial charge in [0.25, 0.3) is 0 Å². The highest BCUT2D eigenvalue weighted by Gasteiger charge is 2.20. The maximum Gasteiger partial charge on any atom is 0.235 e. The molecule has 0 fully saturated rings. The maximum atomic E-state index is 5.21. The van der Waals surface area contributed by atoms with Crippen LogP contribution in [-0.2, 0) is 0 Å². The number of aromatic nitrogens is 4. The molecule has 0 radical (unpaired) electrons. The summed E-state index contributed by atoms with van der Waals surface area (Å²) in [6.07, 6.45) is 2.15. The standard InChI is InChI=1S/C33H20N4/c1-2-11-22(12-3-1)30-26-19-18-21-10-4-5-13-23(21)31(26)36-33(35-30)37-20-27-24-14-6-8-16-28(24)34-32(27)25-15-7-9-17-29(25)37/h1-20H. The number of pyridine rings is 1. The Morgan fingerprint density at radius 3 is 2.11 bits per heavy atom. The van der Waals surface area contributed by atoms with E-state index < -0.39 is 0 Å². The Kier molecular flexibility index (Phi) is 4.19. The van der Waals surface area contributed by atoms with Crippen molar-refractivity contribution >= 4 is 43.5 Å². The molecule has 0 aliphatic carbocycles. The molecule has 172 valence electrons. The lowest BCUT2D eigenvalue weighted by atomic mass is 10.0. The third kappa shape index (κ3) is 2.99.